The van der Waals surface area contributed by atoms with E-state index in [9.17, 15) is 9.90 Å². The fourth-order valence-electron chi connectivity index (χ4n) is 2.41. The van der Waals surface area contributed by atoms with Crippen molar-refractivity contribution in [2.45, 2.75) is 19.8 Å². The average molecular weight is 234 g/mol. The molecule has 0 spiro atoms. The number of rotatable bonds is 2. The minimum atomic E-state index is -0.912. The molecule has 2 rings (SSSR count). The Bertz CT molecular complexity index is 431. The van der Waals surface area contributed by atoms with Gasteiger partial charge in [-0.25, -0.2) is 4.79 Å². The predicted molar refractivity (Wildman–Crippen MR) is 68.4 cm³/mol. The maximum atomic E-state index is 11.2. The summed E-state index contributed by atoms with van der Waals surface area (Å²) in [4.78, 5) is 13.4. The van der Waals surface area contributed by atoms with Crippen LogP contribution in [-0.4, -0.2) is 24.2 Å². The summed E-state index contributed by atoms with van der Waals surface area (Å²) < 4.78 is 0. The molecule has 1 fully saturated rings. The van der Waals surface area contributed by atoms with E-state index in [0.717, 1.165) is 25.2 Å². The Morgan fingerprint density at radius 3 is 2.94 bits per heavy atom. The second kappa shape index (κ2) is 4.65. The van der Waals surface area contributed by atoms with E-state index in [0.29, 0.717) is 17.2 Å². The summed E-state index contributed by atoms with van der Waals surface area (Å²) in [6.07, 6.45) is 2.33. The van der Waals surface area contributed by atoms with Crippen LogP contribution in [0.4, 0.5) is 11.4 Å². The van der Waals surface area contributed by atoms with Crippen molar-refractivity contribution in [1.82, 2.24) is 0 Å². The van der Waals surface area contributed by atoms with E-state index in [2.05, 4.69) is 11.8 Å². The van der Waals surface area contributed by atoms with Crippen molar-refractivity contribution in [2.24, 2.45) is 5.92 Å². The van der Waals surface area contributed by atoms with E-state index in [1.54, 1.807) is 6.07 Å². The minimum Gasteiger partial charge on any atom is -0.478 e. The largest absolute Gasteiger partial charge is 0.478 e. The van der Waals surface area contributed by atoms with Gasteiger partial charge in [-0.1, -0.05) is 6.92 Å². The molecule has 0 aliphatic carbocycles. The van der Waals surface area contributed by atoms with E-state index in [1.165, 1.54) is 12.5 Å². The smallest absolute Gasteiger partial charge is 0.337 e. The van der Waals surface area contributed by atoms with Crippen molar-refractivity contribution in [3.8, 4) is 0 Å². The number of carbonyl (C=O) groups is 1. The predicted octanol–water partition coefficient (Wildman–Crippen LogP) is 2.20. The van der Waals surface area contributed by atoms with Gasteiger partial charge in [0.15, 0.2) is 0 Å². The third-order valence-electron chi connectivity index (χ3n) is 3.25. The van der Waals surface area contributed by atoms with Gasteiger partial charge >= 0.3 is 5.97 Å². The van der Waals surface area contributed by atoms with Gasteiger partial charge in [-0.15, -0.1) is 0 Å². The minimum absolute atomic E-state index is 0.305. The molecule has 0 amide bonds. The van der Waals surface area contributed by atoms with Gasteiger partial charge in [-0.05, 0) is 37.0 Å². The van der Waals surface area contributed by atoms with Gasteiger partial charge in [0.25, 0.3) is 0 Å². The van der Waals surface area contributed by atoms with Crippen molar-refractivity contribution in [1.29, 1.82) is 0 Å². The lowest BCUT2D eigenvalue weighted by atomic mass is 9.98. The fraction of sp³-hybridized carbons (Fsp3) is 0.462. The molecule has 3 N–H and O–H groups in total. The summed E-state index contributed by atoms with van der Waals surface area (Å²) in [6, 6.07) is 5.12. The van der Waals surface area contributed by atoms with E-state index >= 15 is 0 Å². The van der Waals surface area contributed by atoms with Crippen molar-refractivity contribution in [3.05, 3.63) is 23.8 Å². The number of nitrogens with two attached hydrogens (primary N) is 1. The summed E-state index contributed by atoms with van der Waals surface area (Å²) >= 11 is 0. The van der Waals surface area contributed by atoms with Crippen molar-refractivity contribution >= 4 is 17.3 Å². The Labute approximate surface area is 101 Å². The van der Waals surface area contributed by atoms with Crippen molar-refractivity contribution in [3.63, 3.8) is 0 Å². The van der Waals surface area contributed by atoms with Gasteiger partial charge in [0.1, 0.15) is 0 Å². The first-order chi connectivity index (χ1) is 8.08. The highest BCUT2D eigenvalue weighted by molar-refractivity contribution is 5.95. The number of hydrogen-bond acceptors (Lipinski definition) is 3. The molecule has 0 saturated carbocycles. The Hall–Kier alpha value is -1.71. The molecule has 0 radical (unpaired) electrons. The normalized spacial score (nSPS) is 20.3. The quantitative estimate of drug-likeness (QED) is 0.770. The van der Waals surface area contributed by atoms with Crippen LogP contribution in [0.25, 0.3) is 0 Å². The first-order valence-electron chi connectivity index (χ1n) is 5.95. The van der Waals surface area contributed by atoms with Crippen molar-refractivity contribution < 1.29 is 9.90 Å². The maximum Gasteiger partial charge on any atom is 0.337 e. The summed E-state index contributed by atoms with van der Waals surface area (Å²) in [5.74, 6) is -0.298. The molecule has 92 valence electrons. The van der Waals surface area contributed by atoms with Gasteiger partial charge in [-0.3, -0.25) is 0 Å². The van der Waals surface area contributed by atoms with Crippen molar-refractivity contribution in [2.75, 3.05) is 23.7 Å². The lowest BCUT2D eigenvalue weighted by Gasteiger charge is -2.33. The Morgan fingerprint density at radius 2 is 2.29 bits per heavy atom. The second-order valence-corrected chi connectivity index (χ2v) is 4.78. The Kier molecular flexibility index (Phi) is 3.22. The van der Waals surface area contributed by atoms with E-state index in [4.69, 9.17) is 5.73 Å². The molecule has 1 aromatic carbocycles. The Morgan fingerprint density at radius 1 is 1.53 bits per heavy atom. The molecule has 0 bridgehead atoms. The van der Waals surface area contributed by atoms with Crippen LogP contribution in [0.3, 0.4) is 0 Å². The molecular formula is C13H18N2O2. The molecule has 1 atom stereocenters. The molecule has 1 heterocycles. The van der Waals surface area contributed by atoms with Crippen LogP contribution in [0.1, 0.15) is 30.1 Å². The average Bonchev–Trinajstić information content (AvgIpc) is 2.28. The van der Waals surface area contributed by atoms with Gasteiger partial charge in [-0.2, -0.15) is 0 Å². The van der Waals surface area contributed by atoms with Crippen LogP contribution >= 0.6 is 0 Å². The second-order valence-electron chi connectivity index (χ2n) is 4.78. The van der Waals surface area contributed by atoms with Crippen LogP contribution in [-0.2, 0) is 0 Å². The van der Waals surface area contributed by atoms with E-state index in [1.807, 2.05) is 6.07 Å². The zero-order valence-corrected chi connectivity index (χ0v) is 10.0. The molecule has 4 heteroatoms. The molecule has 1 aliphatic rings. The number of nitrogens with zero attached hydrogens (tertiary/aromatic N) is 1. The molecule has 0 aromatic heterocycles. The molecule has 4 nitrogen and oxygen atoms in total. The first-order valence-corrected chi connectivity index (χ1v) is 5.95. The number of carboxylic acid groups (broad SMARTS) is 1. The zero-order valence-electron chi connectivity index (χ0n) is 10.0. The summed E-state index contributed by atoms with van der Waals surface area (Å²) in [6.45, 7) is 4.04. The van der Waals surface area contributed by atoms with E-state index < -0.39 is 5.97 Å². The SMILES string of the molecule is C[C@H]1CCCN(c2ccc(N)cc2C(=O)O)C1. The lowest BCUT2D eigenvalue weighted by molar-refractivity contribution is 0.0697. The lowest BCUT2D eigenvalue weighted by Crippen LogP contribution is -2.35. The molecular weight excluding hydrogens is 216 g/mol. The fourth-order valence-corrected chi connectivity index (χ4v) is 2.41. The highest BCUT2D eigenvalue weighted by atomic mass is 16.4. The van der Waals surface area contributed by atoms with Crippen LogP contribution < -0.4 is 10.6 Å². The summed E-state index contributed by atoms with van der Waals surface area (Å²) in [7, 11) is 0. The van der Waals surface area contributed by atoms with Gasteiger partial charge in [0.2, 0.25) is 0 Å². The van der Waals surface area contributed by atoms with Crippen LogP contribution in [0, 0.1) is 5.92 Å². The third kappa shape index (κ3) is 2.52. The summed E-state index contributed by atoms with van der Waals surface area (Å²) in [5, 5.41) is 9.20. The molecule has 0 unspecified atom stereocenters. The van der Waals surface area contributed by atoms with Crippen LogP contribution in [0.5, 0.6) is 0 Å². The number of benzene rings is 1. The maximum absolute atomic E-state index is 11.2. The van der Waals surface area contributed by atoms with Gasteiger partial charge < -0.3 is 15.7 Å². The summed E-state index contributed by atoms with van der Waals surface area (Å²) in [5.41, 5.74) is 7.23. The molecule has 17 heavy (non-hydrogen) atoms. The zero-order chi connectivity index (χ0) is 12.4. The molecule has 1 saturated heterocycles. The van der Waals surface area contributed by atoms with Crippen LogP contribution in [0.2, 0.25) is 0 Å². The van der Waals surface area contributed by atoms with Gasteiger partial charge in [0, 0.05) is 18.8 Å². The monoisotopic (exact) mass is 234 g/mol. The number of aromatic carboxylic acids is 1. The Balaban J connectivity index is 2.33. The highest BCUT2D eigenvalue weighted by Crippen LogP contribution is 2.27. The number of anilines is 2. The van der Waals surface area contributed by atoms with Crippen LogP contribution in [0.15, 0.2) is 18.2 Å². The number of nitrogen functional groups attached to an aromatic ring is 1. The highest BCUT2D eigenvalue weighted by Gasteiger charge is 2.21. The molecule has 1 aliphatic heterocycles. The molecule has 1 aromatic rings. The topological polar surface area (TPSA) is 66.6 Å². The first kappa shape index (κ1) is 11.8. The number of hydrogen-bond donors (Lipinski definition) is 2. The standard InChI is InChI=1S/C13H18N2O2/c1-9-3-2-6-15(8-9)12-5-4-10(14)7-11(12)13(16)17/h4-5,7,9H,2-3,6,8,14H2,1H3,(H,16,17)/t9-/m0/s1. The number of piperidine rings is 1. The third-order valence-corrected chi connectivity index (χ3v) is 3.25. The number of carboxylic acids is 1. The van der Waals surface area contributed by atoms with Gasteiger partial charge in [0.05, 0.1) is 11.3 Å². The van der Waals surface area contributed by atoms with E-state index in [-0.39, 0.29) is 0 Å².